The highest BCUT2D eigenvalue weighted by Gasteiger charge is 2.43. The van der Waals surface area contributed by atoms with Crippen LogP contribution in [0.5, 0.6) is 0 Å². The molecule has 3 unspecified atom stereocenters. The molecule has 0 fully saturated rings. The topological polar surface area (TPSA) is 26.0 Å². The van der Waals surface area contributed by atoms with Crippen LogP contribution in [-0.2, 0) is 0 Å². The van der Waals surface area contributed by atoms with E-state index in [2.05, 4.69) is 67.2 Å². The lowest BCUT2D eigenvalue weighted by atomic mass is 9.60. The highest BCUT2D eigenvalue weighted by molar-refractivity contribution is 5.18. The van der Waals surface area contributed by atoms with Crippen molar-refractivity contribution in [2.24, 2.45) is 23.0 Å². The van der Waals surface area contributed by atoms with Crippen molar-refractivity contribution in [1.82, 2.24) is 0 Å². The fourth-order valence-electron chi connectivity index (χ4n) is 3.92. The number of hydrogen-bond donors (Lipinski definition) is 1. The molecule has 3 atom stereocenters. The van der Waals surface area contributed by atoms with Crippen LogP contribution in [0, 0.1) is 17.3 Å². The van der Waals surface area contributed by atoms with Crippen LogP contribution in [0.2, 0.25) is 0 Å². The number of rotatable bonds is 14. The maximum atomic E-state index is 6.75. The van der Waals surface area contributed by atoms with Gasteiger partial charge in [0, 0.05) is 11.0 Å². The highest BCUT2D eigenvalue weighted by atomic mass is 14.8. The zero-order valence-electron chi connectivity index (χ0n) is 18.5. The lowest BCUT2D eigenvalue weighted by molar-refractivity contribution is 0.140. The van der Waals surface area contributed by atoms with Crippen molar-refractivity contribution in [3.63, 3.8) is 0 Å². The molecule has 0 radical (unpaired) electrons. The molecular formula is C24H47N. The van der Waals surface area contributed by atoms with E-state index in [4.69, 9.17) is 5.73 Å². The molecular weight excluding hydrogens is 302 g/mol. The normalized spacial score (nSPS) is 18.3. The summed E-state index contributed by atoms with van der Waals surface area (Å²) in [7, 11) is 0. The minimum Gasteiger partial charge on any atom is -0.324 e. The second-order valence-electron chi connectivity index (χ2n) is 9.07. The molecule has 0 aromatic heterocycles. The van der Waals surface area contributed by atoms with E-state index in [0.717, 1.165) is 6.42 Å². The third-order valence-corrected chi connectivity index (χ3v) is 6.50. The molecule has 2 N–H and O–H groups in total. The molecule has 0 heterocycles. The third kappa shape index (κ3) is 8.11. The zero-order chi connectivity index (χ0) is 19.5. The maximum Gasteiger partial charge on any atom is 0.0254 e. The third-order valence-electron chi connectivity index (χ3n) is 6.50. The number of unbranched alkanes of at least 4 members (excludes halogenated alkanes) is 6. The summed E-state index contributed by atoms with van der Waals surface area (Å²) in [5.74, 6) is 1.14. The van der Waals surface area contributed by atoms with E-state index in [9.17, 15) is 0 Å². The molecule has 148 valence electrons. The molecule has 0 bridgehead atoms. The summed E-state index contributed by atoms with van der Waals surface area (Å²) in [5, 5.41) is 0. The van der Waals surface area contributed by atoms with Crippen LogP contribution in [0.1, 0.15) is 106 Å². The van der Waals surface area contributed by atoms with Gasteiger partial charge in [-0.3, -0.25) is 0 Å². The van der Waals surface area contributed by atoms with E-state index >= 15 is 0 Å². The van der Waals surface area contributed by atoms with E-state index in [1.807, 2.05) is 0 Å². The van der Waals surface area contributed by atoms with Gasteiger partial charge in [0.2, 0.25) is 0 Å². The summed E-state index contributed by atoms with van der Waals surface area (Å²) in [6, 6.07) is 0. The van der Waals surface area contributed by atoms with Gasteiger partial charge in [-0.1, -0.05) is 104 Å². The predicted octanol–water partition coefficient (Wildman–Crippen LogP) is 7.67. The van der Waals surface area contributed by atoms with Gasteiger partial charge in [-0.15, -0.1) is 0 Å². The summed E-state index contributed by atoms with van der Waals surface area (Å²) in [6.07, 6.45) is 16.6. The summed E-state index contributed by atoms with van der Waals surface area (Å²) in [6.45, 7) is 19.9. The molecule has 0 amide bonds. The first-order chi connectivity index (χ1) is 11.6. The van der Waals surface area contributed by atoms with Crippen molar-refractivity contribution >= 4 is 0 Å². The van der Waals surface area contributed by atoms with Gasteiger partial charge in [-0.25, -0.2) is 0 Å². The van der Waals surface area contributed by atoms with E-state index in [1.165, 1.54) is 56.9 Å². The molecule has 0 rings (SSSR count). The fraction of sp³-hybridized carbons (Fsp3) is 0.833. The predicted molar refractivity (Wildman–Crippen MR) is 116 cm³/mol. The Morgan fingerprint density at radius 1 is 1.00 bits per heavy atom. The van der Waals surface area contributed by atoms with Gasteiger partial charge in [0.05, 0.1) is 0 Å². The van der Waals surface area contributed by atoms with Crippen LogP contribution in [0.4, 0.5) is 0 Å². The molecule has 0 aliphatic heterocycles. The quantitative estimate of drug-likeness (QED) is 0.253. The van der Waals surface area contributed by atoms with Gasteiger partial charge in [0.15, 0.2) is 0 Å². The first kappa shape index (κ1) is 24.4. The second kappa shape index (κ2) is 11.9. The highest BCUT2D eigenvalue weighted by Crippen LogP contribution is 2.44. The molecule has 0 aliphatic carbocycles. The second-order valence-corrected chi connectivity index (χ2v) is 9.07. The molecule has 0 saturated carbocycles. The summed E-state index contributed by atoms with van der Waals surface area (Å²) in [5.41, 5.74) is 7.64. The average molecular weight is 350 g/mol. The van der Waals surface area contributed by atoms with Crippen molar-refractivity contribution in [1.29, 1.82) is 0 Å². The molecule has 0 spiro atoms. The largest absolute Gasteiger partial charge is 0.324 e. The minimum absolute atomic E-state index is 0.0426. The van der Waals surface area contributed by atoms with Crippen LogP contribution in [0.15, 0.2) is 24.3 Å². The lowest BCUT2D eigenvalue weighted by Gasteiger charge is -2.48. The van der Waals surface area contributed by atoms with Gasteiger partial charge in [0.1, 0.15) is 0 Å². The van der Waals surface area contributed by atoms with Crippen molar-refractivity contribution in [2.45, 2.75) is 112 Å². The van der Waals surface area contributed by atoms with Gasteiger partial charge >= 0.3 is 0 Å². The SMILES string of the molecule is C=C(C)C(C)(C(C)C)C(C)(N)CC=CC(C)CCCCCCCCC. The van der Waals surface area contributed by atoms with Crippen LogP contribution in [0.3, 0.4) is 0 Å². The van der Waals surface area contributed by atoms with Crippen LogP contribution in [0.25, 0.3) is 0 Å². The Morgan fingerprint density at radius 3 is 2.00 bits per heavy atom. The Balaban J connectivity index is 4.29. The Labute approximate surface area is 159 Å². The summed E-state index contributed by atoms with van der Waals surface area (Å²) < 4.78 is 0. The summed E-state index contributed by atoms with van der Waals surface area (Å²) in [4.78, 5) is 0. The van der Waals surface area contributed by atoms with Crippen LogP contribution in [-0.4, -0.2) is 5.54 Å². The first-order valence-electron chi connectivity index (χ1n) is 10.7. The van der Waals surface area contributed by atoms with Gasteiger partial charge < -0.3 is 5.73 Å². The summed E-state index contributed by atoms with van der Waals surface area (Å²) >= 11 is 0. The van der Waals surface area contributed by atoms with E-state index in [0.29, 0.717) is 11.8 Å². The Kier molecular flexibility index (Phi) is 11.7. The Hall–Kier alpha value is -0.560. The average Bonchev–Trinajstić information content (AvgIpc) is 2.52. The van der Waals surface area contributed by atoms with Crippen molar-refractivity contribution in [3.8, 4) is 0 Å². The number of nitrogens with two attached hydrogens (primary N) is 1. The standard InChI is InChI=1S/C24H47N/c1-9-10-11-12-13-14-15-17-22(6)18-16-19-23(7,25)24(8,20(2)3)21(4)5/h16,18,21-22H,2,9-15,17,19,25H2,1,3-8H3. The monoisotopic (exact) mass is 349 g/mol. The molecule has 0 aromatic carbocycles. The van der Waals surface area contributed by atoms with Gasteiger partial charge in [0.25, 0.3) is 0 Å². The van der Waals surface area contributed by atoms with Gasteiger partial charge in [-0.2, -0.15) is 0 Å². The molecule has 1 heteroatoms. The van der Waals surface area contributed by atoms with Crippen molar-refractivity contribution in [2.75, 3.05) is 0 Å². The van der Waals surface area contributed by atoms with Gasteiger partial charge in [-0.05, 0) is 38.5 Å². The van der Waals surface area contributed by atoms with Crippen LogP contribution < -0.4 is 5.73 Å². The smallest absolute Gasteiger partial charge is 0.0254 e. The fourth-order valence-corrected chi connectivity index (χ4v) is 3.92. The number of allylic oxidation sites excluding steroid dienone is 1. The van der Waals surface area contributed by atoms with E-state index in [-0.39, 0.29) is 11.0 Å². The van der Waals surface area contributed by atoms with E-state index in [1.54, 1.807) is 0 Å². The molecule has 25 heavy (non-hydrogen) atoms. The first-order valence-corrected chi connectivity index (χ1v) is 10.7. The maximum absolute atomic E-state index is 6.75. The molecule has 0 aromatic rings. The van der Waals surface area contributed by atoms with Crippen LogP contribution >= 0.6 is 0 Å². The molecule has 0 aliphatic rings. The number of hydrogen-bond acceptors (Lipinski definition) is 1. The molecule has 0 saturated heterocycles. The van der Waals surface area contributed by atoms with Crippen molar-refractivity contribution in [3.05, 3.63) is 24.3 Å². The lowest BCUT2D eigenvalue weighted by Crippen LogP contribution is -2.54. The van der Waals surface area contributed by atoms with Crippen molar-refractivity contribution < 1.29 is 0 Å². The minimum atomic E-state index is -0.261. The Bertz CT molecular complexity index is 391. The zero-order valence-corrected chi connectivity index (χ0v) is 18.5. The Morgan fingerprint density at radius 2 is 1.52 bits per heavy atom. The van der Waals surface area contributed by atoms with E-state index < -0.39 is 0 Å². The molecule has 1 nitrogen and oxygen atoms in total.